The van der Waals surface area contributed by atoms with E-state index in [2.05, 4.69) is 10.6 Å². The summed E-state index contributed by atoms with van der Waals surface area (Å²) in [6.45, 7) is 1.69. The second-order valence-corrected chi connectivity index (χ2v) is 4.86. The number of nitrogens with two attached hydrogens (primary N) is 1. The van der Waals surface area contributed by atoms with E-state index in [1.54, 1.807) is 0 Å². The predicted octanol–water partition coefficient (Wildman–Crippen LogP) is 1.25. The van der Waals surface area contributed by atoms with Crippen molar-refractivity contribution in [2.75, 3.05) is 18.4 Å². The average molecular weight is 278 g/mol. The highest BCUT2D eigenvalue weighted by atomic mass is 16.6. The Morgan fingerprint density at radius 2 is 2.35 bits per heavy atom. The average Bonchev–Trinajstić information content (AvgIpc) is 2.91. The van der Waals surface area contributed by atoms with Crippen molar-refractivity contribution >= 4 is 17.3 Å². The molecule has 1 atom stereocenters. The third-order valence-corrected chi connectivity index (χ3v) is 3.45. The van der Waals surface area contributed by atoms with Crippen molar-refractivity contribution in [1.82, 2.24) is 5.32 Å². The van der Waals surface area contributed by atoms with Gasteiger partial charge in [-0.25, -0.2) is 0 Å². The van der Waals surface area contributed by atoms with Crippen LogP contribution in [0, 0.1) is 10.1 Å². The molecule has 1 aromatic carbocycles. The third-order valence-electron chi connectivity index (χ3n) is 3.45. The van der Waals surface area contributed by atoms with Crippen LogP contribution < -0.4 is 16.4 Å². The molecule has 0 spiro atoms. The number of nitro groups is 1. The summed E-state index contributed by atoms with van der Waals surface area (Å²) in [7, 11) is 0. The van der Waals surface area contributed by atoms with E-state index in [4.69, 9.17) is 5.73 Å². The standard InChI is InChI=1S/C13H18N4O3/c14-13(18)9-3-4-11(12(8-9)17(19)20)16-7-5-10-2-1-6-15-10/h3-4,8,10,15-16H,1-2,5-7H2,(H2,14,18)/t10-/m1/s1. The van der Waals surface area contributed by atoms with E-state index in [1.165, 1.54) is 24.6 Å². The van der Waals surface area contributed by atoms with Gasteiger partial charge >= 0.3 is 0 Å². The summed E-state index contributed by atoms with van der Waals surface area (Å²) in [5.74, 6) is -0.671. The molecule has 0 radical (unpaired) electrons. The second-order valence-electron chi connectivity index (χ2n) is 4.86. The molecule has 0 saturated carbocycles. The Labute approximate surface area is 116 Å². The Morgan fingerprint density at radius 1 is 1.55 bits per heavy atom. The van der Waals surface area contributed by atoms with Crippen LogP contribution in [0.25, 0.3) is 0 Å². The van der Waals surface area contributed by atoms with Gasteiger partial charge in [0.2, 0.25) is 5.91 Å². The van der Waals surface area contributed by atoms with E-state index in [1.807, 2.05) is 0 Å². The summed E-state index contributed by atoms with van der Waals surface area (Å²) in [5, 5.41) is 17.4. The van der Waals surface area contributed by atoms with Gasteiger partial charge in [-0.1, -0.05) is 0 Å². The van der Waals surface area contributed by atoms with Crippen LogP contribution in [0.3, 0.4) is 0 Å². The summed E-state index contributed by atoms with van der Waals surface area (Å²) >= 11 is 0. The SMILES string of the molecule is NC(=O)c1ccc(NCC[C@H]2CCCN2)c([N+](=O)[O-])c1. The fourth-order valence-electron chi connectivity index (χ4n) is 2.37. The first-order chi connectivity index (χ1) is 9.58. The zero-order valence-corrected chi connectivity index (χ0v) is 11.1. The molecule has 1 aliphatic heterocycles. The fourth-order valence-corrected chi connectivity index (χ4v) is 2.37. The maximum absolute atomic E-state index is 11.0. The van der Waals surface area contributed by atoms with Crippen LogP contribution in [0.4, 0.5) is 11.4 Å². The van der Waals surface area contributed by atoms with E-state index < -0.39 is 10.8 Å². The topological polar surface area (TPSA) is 110 Å². The molecule has 0 unspecified atom stereocenters. The number of amides is 1. The number of rotatable bonds is 6. The van der Waals surface area contributed by atoms with Crippen LogP contribution in [-0.4, -0.2) is 30.0 Å². The number of anilines is 1. The maximum Gasteiger partial charge on any atom is 0.293 e. The van der Waals surface area contributed by atoms with Gasteiger partial charge in [0.25, 0.3) is 5.69 Å². The van der Waals surface area contributed by atoms with Gasteiger partial charge in [-0.2, -0.15) is 0 Å². The van der Waals surface area contributed by atoms with Gasteiger partial charge < -0.3 is 16.4 Å². The minimum atomic E-state index is -0.671. The molecule has 4 N–H and O–H groups in total. The molecular weight excluding hydrogens is 260 g/mol. The molecule has 1 saturated heterocycles. The van der Waals surface area contributed by atoms with Crippen molar-refractivity contribution in [2.45, 2.75) is 25.3 Å². The zero-order valence-electron chi connectivity index (χ0n) is 11.1. The Morgan fingerprint density at radius 3 is 2.95 bits per heavy atom. The normalized spacial score (nSPS) is 17.9. The number of benzene rings is 1. The van der Waals surface area contributed by atoms with Gasteiger partial charge in [-0.15, -0.1) is 0 Å². The molecule has 0 aromatic heterocycles. The highest BCUT2D eigenvalue weighted by Gasteiger charge is 2.17. The summed E-state index contributed by atoms with van der Waals surface area (Å²) < 4.78 is 0. The van der Waals surface area contributed by atoms with E-state index in [-0.39, 0.29) is 11.3 Å². The lowest BCUT2D eigenvalue weighted by Crippen LogP contribution is -2.24. The Bertz CT molecular complexity index is 512. The van der Waals surface area contributed by atoms with Crippen LogP contribution in [0.2, 0.25) is 0 Å². The van der Waals surface area contributed by atoms with Crippen molar-refractivity contribution in [1.29, 1.82) is 0 Å². The van der Waals surface area contributed by atoms with Crippen LogP contribution >= 0.6 is 0 Å². The number of nitro benzene ring substituents is 1. The second kappa shape index (κ2) is 6.33. The summed E-state index contributed by atoms with van der Waals surface area (Å²) in [6.07, 6.45) is 3.23. The quantitative estimate of drug-likeness (QED) is 0.535. The summed E-state index contributed by atoms with van der Waals surface area (Å²) in [5.41, 5.74) is 5.55. The monoisotopic (exact) mass is 278 g/mol. The molecule has 0 bridgehead atoms. The fraction of sp³-hybridized carbons (Fsp3) is 0.462. The first-order valence-corrected chi connectivity index (χ1v) is 6.63. The van der Waals surface area contributed by atoms with Crippen LogP contribution in [-0.2, 0) is 0 Å². The van der Waals surface area contributed by atoms with Gasteiger partial charge in [-0.05, 0) is 37.9 Å². The molecule has 1 aliphatic rings. The zero-order chi connectivity index (χ0) is 14.5. The van der Waals surface area contributed by atoms with Gasteiger partial charge in [0.1, 0.15) is 5.69 Å². The van der Waals surface area contributed by atoms with Crippen LogP contribution in [0.5, 0.6) is 0 Å². The molecule has 20 heavy (non-hydrogen) atoms. The van der Waals surface area contributed by atoms with E-state index in [0.29, 0.717) is 18.3 Å². The number of primary amides is 1. The smallest absolute Gasteiger partial charge is 0.293 e. The molecule has 1 fully saturated rings. The Hall–Kier alpha value is -2.15. The minimum absolute atomic E-state index is 0.124. The van der Waals surface area contributed by atoms with Gasteiger partial charge in [0, 0.05) is 24.2 Å². The maximum atomic E-state index is 11.0. The number of hydrogen-bond acceptors (Lipinski definition) is 5. The molecule has 1 aromatic rings. The lowest BCUT2D eigenvalue weighted by atomic mass is 10.1. The number of carbonyl (C=O) groups excluding carboxylic acids is 1. The third kappa shape index (κ3) is 3.45. The van der Waals surface area contributed by atoms with E-state index in [0.717, 1.165) is 19.4 Å². The first-order valence-electron chi connectivity index (χ1n) is 6.63. The summed E-state index contributed by atoms with van der Waals surface area (Å²) in [4.78, 5) is 21.6. The Kier molecular flexibility index (Phi) is 4.52. The highest BCUT2D eigenvalue weighted by Crippen LogP contribution is 2.25. The van der Waals surface area contributed by atoms with Crippen molar-refractivity contribution in [3.63, 3.8) is 0 Å². The number of carbonyl (C=O) groups is 1. The number of nitrogens with one attached hydrogen (secondary N) is 2. The van der Waals surface area contributed by atoms with Crippen LogP contribution in [0.1, 0.15) is 29.6 Å². The highest BCUT2D eigenvalue weighted by molar-refractivity contribution is 5.94. The predicted molar refractivity (Wildman–Crippen MR) is 75.7 cm³/mol. The largest absolute Gasteiger partial charge is 0.379 e. The van der Waals surface area contributed by atoms with Gasteiger partial charge in [0.05, 0.1) is 4.92 Å². The lowest BCUT2D eigenvalue weighted by molar-refractivity contribution is -0.384. The lowest BCUT2D eigenvalue weighted by Gasteiger charge is -2.12. The van der Waals surface area contributed by atoms with Gasteiger partial charge in [-0.3, -0.25) is 14.9 Å². The minimum Gasteiger partial charge on any atom is -0.379 e. The van der Waals surface area contributed by atoms with Crippen molar-refractivity contribution < 1.29 is 9.72 Å². The molecule has 108 valence electrons. The van der Waals surface area contributed by atoms with Crippen molar-refractivity contribution in [2.24, 2.45) is 5.73 Å². The van der Waals surface area contributed by atoms with E-state index in [9.17, 15) is 14.9 Å². The van der Waals surface area contributed by atoms with Gasteiger partial charge in [0.15, 0.2) is 0 Å². The Balaban J connectivity index is 2.02. The molecule has 1 amide bonds. The number of hydrogen-bond donors (Lipinski definition) is 3. The molecular formula is C13H18N4O3. The van der Waals surface area contributed by atoms with Crippen molar-refractivity contribution in [3.8, 4) is 0 Å². The molecule has 7 nitrogen and oxygen atoms in total. The molecule has 1 heterocycles. The molecule has 0 aliphatic carbocycles. The van der Waals surface area contributed by atoms with Crippen molar-refractivity contribution in [3.05, 3.63) is 33.9 Å². The molecule has 2 rings (SSSR count). The molecule has 7 heteroatoms. The first kappa shape index (κ1) is 14.3. The summed E-state index contributed by atoms with van der Waals surface area (Å²) in [6, 6.07) is 4.70. The van der Waals surface area contributed by atoms with E-state index >= 15 is 0 Å². The van der Waals surface area contributed by atoms with Crippen LogP contribution in [0.15, 0.2) is 18.2 Å². The number of nitrogens with zero attached hydrogens (tertiary/aromatic N) is 1.